The molecule has 0 aliphatic carbocycles. The van der Waals surface area contributed by atoms with Crippen LogP contribution < -0.4 is 10.6 Å². The molecule has 14 nitrogen and oxygen atoms in total. The molecule has 0 spiro atoms. The molecule has 0 bridgehead atoms. The van der Waals surface area contributed by atoms with Crippen LogP contribution >= 0.6 is 0 Å². The number of hydrogen-bond donors (Lipinski definition) is 5. The Kier molecular flexibility index (Phi) is 18.4. The third kappa shape index (κ3) is 11.9. The fraction of sp³-hybridized carbons (Fsp3) is 0.725. The normalized spacial score (nSPS) is 19.5. The minimum Gasteiger partial charge on any atom is -0.450 e. The summed E-state index contributed by atoms with van der Waals surface area (Å²) in [5.41, 5.74) is 0.649. The topological polar surface area (TPSA) is 189 Å². The average Bonchev–Trinajstić information content (AvgIpc) is 3.63. The Morgan fingerprint density at radius 1 is 0.870 bits per heavy atom. The van der Waals surface area contributed by atoms with Crippen LogP contribution in [-0.2, 0) is 23.9 Å². The van der Waals surface area contributed by atoms with Crippen molar-refractivity contribution >= 4 is 29.7 Å². The van der Waals surface area contributed by atoms with Gasteiger partial charge in [-0.25, -0.2) is 4.79 Å². The van der Waals surface area contributed by atoms with Crippen molar-refractivity contribution in [2.24, 2.45) is 23.7 Å². The van der Waals surface area contributed by atoms with Crippen molar-refractivity contribution in [1.29, 1.82) is 0 Å². The van der Waals surface area contributed by atoms with Crippen LogP contribution in [0.1, 0.15) is 99.7 Å². The van der Waals surface area contributed by atoms with Crippen LogP contribution in [0.3, 0.4) is 0 Å². The Morgan fingerprint density at radius 3 is 2.02 bits per heavy atom. The second kappa shape index (κ2) is 21.4. The zero-order valence-electron chi connectivity index (χ0n) is 34.2. The number of rotatable bonds is 19. The van der Waals surface area contributed by atoms with Gasteiger partial charge in [0.25, 0.3) is 0 Å². The first-order chi connectivity index (χ1) is 25.3. The summed E-state index contributed by atoms with van der Waals surface area (Å²) in [5.74, 6) is -3.60. The van der Waals surface area contributed by atoms with Crippen LogP contribution in [0, 0.1) is 23.7 Å². The number of carbonyl (C=O) groups excluding carboxylic acids is 5. The Labute approximate surface area is 322 Å². The summed E-state index contributed by atoms with van der Waals surface area (Å²) < 4.78 is 5.10. The van der Waals surface area contributed by atoms with E-state index in [1.807, 2.05) is 19.9 Å². The van der Waals surface area contributed by atoms with Gasteiger partial charge in [-0.2, -0.15) is 0 Å². The lowest BCUT2D eigenvalue weighted by Gasteiger charge is -2.40. The van der Waals surface area contributed by atoms with Gasteiger partial charge in [0.1, 0.15) is 12.1 Å². The summed E-state index contributed by atoms with van der Waals surface area (Å²) in [6.07, 6.45) is -2.74. The molecule has 14 heteroatoms. The quantitative estimate of drug-likeness (QED) is 0.141. The predicted octanol–water partition coefficient (Wildman–Crippen LogP) is 3.09. The number of ether oxygens (including phenoxy) is 1. The SMILES string of the molecule is CCOC(=O)N(C)C(C(=O)N[C@H](C(=O)N(C)[C@H]([C@H](O)CC(=O)N1CCC[C@H]1[C@H](O)[C@@H](C)C(=O)N[C@H](C)[C@@H](O)c1ccccc1)[C@@H](C)CC)C(C)C)C(C)C. The van der Waals surface area contributed by atoms with E-state index in [1.165, 1.54) is 21.7 Å². The highest BCUT2D eigenvalue weighted by Crippen LogP contribution is 2.28. The maximum atomic E-state index is 14.1. The molecule has 0 saturated carbocycles. The van der Waals surface area contributed by atoms with E-state index in [2.05, 4.69) is 10.6 Å². The molecule has 5 N–H and O–H groups in total. The van der Waals surface area contributed by atoms with E-state index in [-0.39, 0.29) is 30.8 Å². The van der Waals surface area contributed by atoms with Crippen molar-refractivity contribution in [2.75, 3.05) is 27.2 Å². The van der Waals surface area contributed by atoms with E-state index in [0.29, 0.717) is 31.4 Å². The number of aliphatic hydroxyl groups is 3. The highest BCUT2D eigenvalue weighted by atomic mass is 16.6. The molecule has 1 unspecified atom stereocenters. The highest BCUT2D eigenvalue weighted by Gasteiger charge is 2.42. The maximum absolute atomic E-state index is 14.1. The number of likely N-dealkylation sites (tertiary alicyclic amines) is 1. The number of carbonyl (C=O) groups is 5. The molecule has 10 atom stereocenters. The summed E-state index contributed by atoms with van der Waals surface area (Å²) >= 11 is 0. The summed E-state index contributed by atoms with van der Waals surface area (Å²) in [6.45, 7) is 16.4. The molecule has 306 valence electrons. The molecule has 1 aromatic rings. The number of benzene rings is 1. The van der Waals surface area contributed by atoms with E-state index >= 15 is 0 Å². The van der Waals surface area contributed by atoms with Crippen molar-refractivity contribution < 1.29 is 44.0 Å². The van der Waals surface area contributed by atoms with E-state index in [4.69, 9.17) is 4.74 Å². The van der Waals surface area contributed by atoms with Crippen molar-refractivity contribution in [3.63, 3.8) is 0 Å². The molecule has 1 aromatic carbocycles. The molecule has 1 aliphatic heterocycles. The number of nitrogens with one attached hydrogen (secondary N) is 2. The standard InChI is InChI=1S/C40H67N5O9/c1-12-25(7)34(43(10)39(52)32(23(3)4)42-38(51)33(24(5)6)44(11)40(53)54-13-2)30(46)22-31(47)45-21-17-20-29(45)35(48)26(8)37(50)41-27(9)36(49)28-18-15-14-16-19-28/h14-16,18-19,23-27,29-30,32-36,46,48-49H,12-13,17,20-22H2,1-11H3,(H,41,50)(H,42,51)/t25-,26+,27+,29-,30+,32-,33?,34-,35+,36+/m0/s1. The minimum atomic E-state index is -1.28. The second-order valence-corrected chi connectivity index (χ2v) is 15.6. The number of aliphatic hydroxyl groups excluding tert-OH is 3. The number of amides is 5. The molecule has 0 radical (unpaired) electrons. The molecule has 1 fully saturated rings. The third-order valence-corrected chi connectivity index (χ3v) is 10.8. The first-order valence-electron chi connectivity index (χ1n) is 19.5. The van der Waals surface area contributed by atoms with E-state index < -0.39 is 84.2 Å². The molecule has 2 rings (SSSR count). The van der Waals surface area contributed by atoms with Crippen molar-refractivity contribution in [3.8, 4) is 0 Å². The fourth-order valence-electron chi connectivity index (χ4n) is 7.38. The maximum Gasteiger partial charge on any atom is 0.410 e. The molecule has 0 aromatic heterocycles. The molecule has 5 amide bonds. The number of nitrogens with zero attached hydrogens (tertiary/aromatic N) is 3. The lowest BCUT2D eigenvalue weighted by molar-refractivity contribution is -0.146. The Bertz CT molecular complexity index is 1380. The van der Waals surface area contributed by atoms with Crippen LogP contribution in [0.5, 0.6) is 0 Å². The van der Waals surface area contributed by atoms with Crippen molar-refractivity contribution in [3.05, 3.63) is 35.9 Å². The van der Waals surface area contributed by atoms with Gasteiger partial charge in [0.15, 0.2) is 0 Å². The second-order valence-electron chi connectivity index (χ2n) is 15.6. The number of hydrogen-bond acceptors (Lipinski definition) is 9. The summed E-state index contributed by atoms with van der Waals surface area (Å²) in [5, 5.41) is 39.4. The zero-order chi connectivity index (χ0) is 41.0. The van der Waals surface area contributed by atoms with E-state index in [0.717, 1.165) is 0 Å². The van der Waals surface area contributed by atoms with Gasteiger partial charge in [-0.1, -0.05) is 85.2 Å². The van der Waals surface area contributed by atoms with E-state index in [1.54, 1.807) is 79.8 Å². The van der Waals surface area contributed by atoms with Gasteiger partial charge in [-0.15, -0.1) is 0 Å². The van der Waals surface area contributed by atoms with Crippen LogP contribution in [0.25, 0.3) is 0 Å². The Balaban J connectivity index is 2.19. The fourth-order valence-corrected chi connectivity index (χ4v) is 7.38. The molecule has 1 aliphatic rings. The largest absolute Gasteiger partial charge is 0.450 e. The van der Waals surface area contributed by atoms with Gasteiger partial charge in [-0.05, 0) is 50.0 Å². The van der Waals surface area contributed by atoms with Crippen molar-refractivity contribution in [2.45, 2.75) is 137 Å². The first-order valence-corrected chi connectivity index (χ1v) is 19.5. The summed E-state index contributed by atoms with van der Waals surface area (Å²) in [4.78, 5) is 71.3. The van der Waals surface area contributed by atoms with Gasteiger partial charge in [-0.3, -0.25) is 24.1 Å². The Hall–Kier alpha value is -3.75. The average molecular weight is 762 g/mol. The van der Waals surface area contributed by atoms with E-state index in [9.17, 15) is 39.3 Å². The lowest BCUT2D eigenvalue weighted by atomic mass is 9.89. The van der Waals surface area contributed by atoms with Crippen LogP contribution in [-0.4, -0.2) is 129 Å². The molecular weight excluding hydrogens is 694 g/mol. The lowest BCUT2D eigenvalue weighted by Crippen LogP contribution is -2.60. The first kappa shape index (κ1) is 46.4. The molecule has 1 heterocycles. The highest BCUT2D eigenvalue weighted by molar-refractivity contribution is 5.91. The van der Waals surface area contributed by atoms with Gasteiger partial charge in [0.05, 0.1) is 55.4 Å². The number of likely N-dealkylation sites (N-methyl/N-ethyl adjacent to an activating group) is 2. The van der Waals surface area contributed by atoms with Gasteiger partial charge < -0.3 is 40.5 Å². The monoisotopic (exact) mass is 761 g/mol. The van der Waals surface area contributed by atoms with Crippen LogP contribution in [0.15, 0.2) is 30.3 Å². The van der Waals surface area contributed by atoms with Crippen molar-refractivity contribution in [1.82, 2.24) is 25.3 Å². The molecule has 1 saturated heterocycles. The van der Waals surface area contributed by atoms with Gasteiger partial charge in [0.2, 0.25) is 23.6 Å². The molecule has 54 heavy (non-hydrogen) atoms. The smallest absolute Gasteiger partial charge is 0.410 e. The van der Waals surface area contributed by atoms with Gasteiger partial charge >= 0.3 is 6.09 Å². The molecular formula is C40H67N5O9. The summed E-state index contributed by atoms with van der Waals surface area (Å²) in [6, 6.07) is 4.97. The van der Waals surface area contributed by atoms with Gasteiger partial charge in [0, 0.05) is 20.6 Å². The predicted molar refractivity (Wildman–Crippen MR) is 206 cm³/mol. The summed E-state index contributed by atoms with van der Waals surface area (Å²) in [7, 11) is 3.03. The Morgan fingerprint density at radius 2 is 1.48 bits per heavy atom. The van der Waals surface area contributed by atoms with Crippen LogP contribution in [0.2, 0.25) is 0 Å². The van der Waals surface area contributed by atoms with Crippen LogP contribution in [0.4, 0.5) is 4.79 Å². The minimum absolute atomic E-state index is 0.144. The third-order valence-electron chi connectivity index (χ3n) is 10.8. The zero-order valence-corrected chi connectivity index (χ0v) is 34.2.